The molecule has 1 heterocycles. The molecule has 0 spiro atoms. The number of methoxy groups -OCH3 is 1. The molecule has 142 valence electrons. The van der Waals surface area contributed by atoms with Crippen LogP contribution in [0.3, 0.4) is 0 Å². The second-order valence-electron chi connectivity index (χ2n) is 5.96. The number of hydrogen-bond donors (Lipinski definition) is 1. The van der Waals surface area contributed by atoms with Crippen LogP contribution in [-0.4, -0.2) is 77.2 Å². The van der Waals surface area contributed by atoms with Gasteiger partial charge in [0.25, 0.3) is 0 Å². The zero-order valence-electron chi connectivity index (χ0n) is 14.5. The quantitative estimate of drug-likeness (QED) is 0.681. The predicted octanol–water partition coefficient (Wildman–Crippen LogP) is 1.99. The molecule has 0 aromatic heterocycles. The van der Waals surface area contributed by atoms with Gasteiger partial charge in [0.1, 0.15) is 12.4 Å². The van der Waals surface area contributed by atoms with Gasteiger partial charge in [0.2, 0.25) is 0 Å². The zero-order chi connectivity index (χ0) is 18.1. The normalized spacial score (nSPS) is 16.2. The van der Waals surface area contributed by atoms with Crippen LogP contribution >= 0.6 is 0 Å². The van der Waals surface area contributed by atoms with Gasteiger partial charge in [0, 0.05) is 52.1 Å². The molecule has 0 bridgehead atoms. The molecule has 0 saturated carbocycles. The number of nitrogens with one attached hydrogen (secondary N) is 1. The molecule has 1 aliphatic heterocycles. The summed E-state index contributed by atoms with van der Waals surface area (Å²) in [6.07, 6.45) is -4.14. The van der Waals surface area contributed by atoms with E-state index in [0.29, 0.717) is 26.3 Å². The van der Waals surface area contributed by atoms with Gasteiger partial charge in [-0.2, -0.15) is 13.2 Å². The highest BCUT2D eigenvalue weighted by molar-refractivity contribution is 5.49. The summed E-state index contributed by atoms with van der Waals surface area (Å²) >= 11 is 0. The summed E-state index contributed by atoms with van der Waals surface area (Å²) in [5.74, 6) is 0.815. The summed E-state index contributed by atoms with van der Waals surface area (Å²) in [6, 6.07) is 7.95. The standard InChI is InChI=1S/C17H26F3N3O2/c1-24-12-13-25-16-4-2-15(3-5-16)23-10-8-22(9-11-23)7-6-21-14-17(18,19)20/h2-5,21H,6-14H2,1H3. The maximum absolute atomic E-state index is 12.1. The number of benzene rings is 1. The molecular formula is C17H26F3N3O2. The minimum Gasteiger partial charge on any atom is -0.491 e. The van der Waals surface area contributed by atoms with Crippen molar-refractivity contribution in [1.82, 2.24) is 10.2 Å². The number of halogens is 3. The van der Waals surface area contributed by atoms with Gasteiger partial charge in [-0.1, -0.05) is 0 Å². The molecule has 0 amide bonds. The summed E-state index contributed by atoms with van der Waals surface area (Å²) in [5.41, 5.74) is 1.13. The highest BCUT2D eigenvalue weighted by atomic mass is 19.4. The van der Waals surface area contributed by atoms with E-state index in [1.165, 1.54) is 0 Å². The van der Waals surface area contributed by atoms with Crippen molar-refractivity contribution in [3.63, 3.8) is 0 Å². The highest BCUT2D eigenvalue weighted by Gasteiger charge is 2.26. The first kappa shape index (κ1) is 19.8. The van der Waals surface area contributed by atoms with E-state index < -0.39 is 12.7 Å². The Morgan fingerprint density at radius 2 is 1.72 bits per heavy atom. The summed E-state index contributed by atoms with van der Waals surface area (Å²) in [4.78, 5) is 4.46. The molecule has 25 heavy (non-hydrogen) atoms. The smallest absolute Gasteiger partial charge is 0.401 e. The number of hydrogen-bond acceptors (Lipinski definition) is 5. The minimum atomic E-state index is -4.14. The summed E-state index contributed by atoms with van der Waals surface area (Å²) in [6.45, 7) is 4.57. The SMILES string of the molecule is COCCOc1ccc(N2CCN(CCNCC(F)(F)F)CC2)cc1. The first-order valence-corrected chi connectivity index (χ1v) is 8.44. The van der Waals surface area contributed by atoms with Gasteiger partial charge in [0.15, 0.2) is 0 Å². The van der Waals surface area contributed by atoms with Crippen molar-refractivity contribution in [3.8, 4) is 5.75 Å². The molecule has 1 aliphatic rings. The van der Waals surface area contributed by atoms with Crippen LogP contribution in [-0.2, 0) is 4.74 Å². The van der Waals surface area contributed by atoms with Gasteiger partial charge in [-0.05, 0) is 24.3 Å². The summed E-state index contributed by atoms with van der Waals surface area (Å²) in [7, 11) is 1.64. The number of anilines is 1. The van der Waals surface area contributed by atoms with Crippen LogP contribution in [0.4, 0.5) is 18.9 Å². The van der Waals surface area contributed by atoms with Crippen LogP contribution in [0.5, 0.6) is 5.75 Å². The Morgan fingerprint density at radius 1 is 1.04 bits per heavy atom. The number of piperazine rings is 1. The molecule has 8 heteroatoms. The van der Waals surface area contributed by atoms with E-state index >= 15 is 0 Å². The highest BCUT2D eigenvalue weighted by Crippen LogP contribution is 2.20. The van der Waals surface area contributed by atoms with Gasteiger partial charge in [-0.15, -0.1) is 0 Å². The Balaban J connectivity index is 1.67. The van der Waals surface area contributed by atoms with Crippen molar-refractivity contribution in [1.29, 1.82) is 0 Å². The van der Waals surface area contributed by atoms with Crippen LogP contribution in [0.2, 0.25) is 0 Å². The lowest BCUT2D eigenvalue weighted by Crippen LogP contribution is -2.48. The van der Waals surface area contributed by atoms with Gasteiger partial charge in [-0.3, -0.25) is 4.90 Å². The van der Waals surface area contributed by atoms with Crippen LogP contribution in [0, 0.1) is 0 Å². The van der Waals surface area contributed by atoms with Crippen LogP contribution in [0.25, 0.3) is 0 Å². The van der Waals surface area contributed by atoms with E-state index in [-0.39, 0.29) is 0 Å². The molecule has 5 nitrogen and oxygen atoms in total. The lowest BCUT2D eigenvalue weighted by molar-refractivity contribution is -0.124. The molecule has 1 fully saturated rings. The van der Waals surface area contributed by atoms with E-state index in [1.807, 2.05) is 24.3 Å². The molecule has 1 aromatic carbocycles. The molecule has 1 N–H and O–H groups in total. The minimum absolute atomic E-state index is 0.354. The molecule has 0 aliphatic carbocycles. The Hall–Kier alpha value is -1.51. The van der Waals surface area contributed by atoms with E-state index in [4.69, 9.17) is 9.47 Å². The van der Waals surface area contributed by atoms with Crippen LogP contribution < -0.4 is 15.0 Å². The second kappa shape index (κ2) is 9.84. The third kappa shape index (κ3) is 7.50. The maximum atomic E-state index is 12.1. The van der Waals surface area contributed by atoms with E-state index in [2.05, 4.69) is 15.1 Å². The number of rotatable bonds is 9. The maximum Gasteiger partial charge on any atom is 0.401 e. The predicted molar refractivity (Wildman–Crippen MR) is 91.4 cm³/mol. The fourth-order valence-electron chi connectivity index (χ4n) is 2.69. The summed E-state index contributed by atoms with van der Waals surface area (Å²) < 4.78 is 46.7. The van der Waals surface area contributed by atoms with Gasteiger partial charge in [-0.25, -0.2) is 0 Å². The van der Waals surface area contributed by atoms with Crippen LogP contribution in [0.1, 0.15) is 0 Å². The van der Waals surface area contributed by atoms with E-state index in [9.17, 15) is 13.2 Å². The fraction of sp³-hybridized carbons (Fsp3) is 0.647. The molecule has 0 atom stereocenters. The molecule has 0 radical (unpaired) electrons. The van der Waals surface area contributed by atoms with E-state index in [1.54, 1.807) is 7.11 Å². The van der Waals surface area contributed by atoms with Crippen molar-refractivity contribution in [2.24, 2.45) is 0 Å². The van der Waals surface area contributed by atoms with Crippen LogP contribution in [0.15, 0.2) is 24.3 Å². The Morgan fingerprint density at radius 3 is 2.32 bits per heavy atom. The van der Waals surface area contributed by atoms with Crippen molar-refractivity contribution in [2.75, 3.05) is 71.0 Å². The van der Waals surface area contributed by atoms with E-state index in [0.717, 1.165) is 37.6 Å². The molecule has 1 saturated heterocycles. The summed E-state index contributed by atoms with van der Waals surface area (Å²) in [5, 5.41) is 2.44. The van der Waals surface area contributed by atoms with Crippen molar-refractivity contribution in [3.05, 3.63) is 24.3 Å². The Bertz CT molecular complexity index is 489. The first-order chi connectivity index (χ1) is 12.0. The lowest BCUT2D eigenvalue weighted by atomic mass is 10.2. The first-order valence-electron chi connectivity index (χ1n) is 8.44. The zero-order valence-corrected chi connectivity index (χ0v) is 14.5. The fourth-order valence-corrected chi connectivity index (χ4v) is 2.69. The average Bonchev–Trinajstić information content (AvgIpc) is 2.59. The molecule has 0 unspecified atom stereocenters. The monoisotopic (exact) mass is 361 g/mol. The lowest BCUT2D eigenvalue weighted by Gasteiger charge is -2.36. The Kier molecular flexibility index (Phi) is 7.80. The number of alkyl halides is 3. The largest absolute Gasteiger partial charge is 0.491 e. The molecular weight excluding hydrogens is 335 g/mol. The molecule has 2 rings (SSSR count). The third-order valence-corrected chi connectivity index (χ3v) is 4.06. The van der Waals surface area contributed by atoms with Gasteiger partial charge in [0.05, 0.1) is 13.2 Å². The molecule has 1 aromatic rings. The van der Waals surface area contributed by atoms with Gasteiger partial charge >= 0.3 is 6.18 Å². The Labute approximate surface area is 146 Å². The topological polar surface area (TPSA) is 37.0 Å². The second-order valence-corrected chi connectivity index (χ2v) is 5.96. The van der Waals surface area contributed by atoms with Crippen molar-refractivity contribution in [2.45, 2.75) is 6.18 Å². The van der Waals surface area contributed by atoms with Gasteiger partial charge < -0.3 is 19.7 Å². The number of nitrogens with zero attached hydrogens (tertiary/aromatic N) is 2. The third-order valence-electron chi connectivity index (χ3n) is 4.06. The number of ether oxygens (including phenoxy) is 2. The van der Waals surface area contributed by atoms with Crippen molar-refractivity contribution < 1.29 is 22.6 Å². The average molecular weight is 361 g/mol. The van der Waals surface area contributed by atoms with Crippen molar-refractivity contribution >= 4 is 5.69 Å².